The second-order valence-electron chi connectivity index (χ2n) is 6.31. The molecule has 0 saturated heterocycles. The minimum absolute atomic E-state index is 0.748. The van der Waals surface area contributed by atoms with Crippen molar-refractivity contribution in [1.29, 1.82) is 0 Å². The molecule has 2 heterocycles. The molecule has 21 heavy (non-hydrogen) atoms. The molecule has 4 nitrogen and oxygen atoms in total. The minimum atomic E-state index is 0.748. The standard InChI is InChI=1S/C16H25N3OS/c1-19-10-5-8-14(12-19)15-16(18-21-17-15)20-11-9-13-6-3-2-4-7-13/h8,13H,2-7,9-12H2,1H3. The smallest absolute Gasteiger partial charge is 0.253 e. The Balaban J connectivity index is 1.54. The molecule has 1 aromatic rings. The Morgan fingerprint density at radius 3 is 2.95 bits per heavy atom. The summed E-state index contributed by atoms with van der Waals surface area (Å²) in [7, 11) is 2.15. The average molecular weight is 307 g/mol. The summed E-state index contributed by atoms with van der Waals surface area (Å²) in [5.41, 5.74) is 2.24. The number of ether oxygens (including phenoxy) is 1. The Kier molecular flexibility index (Phi) is 5.25. The Bertz CT molecular complexity index is 480. The highest BCUT2D eigenvalue weighted by Gasteiger charge is 2.19. The first-order valence-electron chi connectivity index (χ1n) is 8.16. The summed E-state index contributed by atoms with van der Waals surface area (Å²) in [5, 5.41) is 0. The van der Waals surface area contributed by atoms with Crippen molar-refractivity contribution in [3.05, 3.63) is 11.8 Å². The van der Waals surface area contributed by atoms with Gasteiger partial charge < -0.3 is 9.64 Å². The number of nitrogens with zero attached hydrogens (tertiary/aromatic N) is 3. The second kappa shape index (κ2) is 7.36. The predicted octanol–water partition coefficient (Wildman–Crippen LogP) is 3.61. The molecule has 3 rings (SSSR count). The van der Waals surface area contributed by atoms with Gasteiger partial charge in [-0.25, -0.2) is 0 Å². The highest BCUT2D eigenvalue weighted by atomic mass is 32.1. The van der Waals surface area contributed by atoms with Crippen LogP contribution in [-0.4, -0.2) is 40.4 Å². The van der Waals surface area contributed by atoms with Gasteiger partial charge in [0.15, 0.2) is 0 Å². The Morgan fingerprint density at radius 2 is 2.14 bits per heavy atom. The third kappa shape index (κ3) is 4.04. The summed E-state index contributed by atoms with van der Waals surface area (Å²) < 4.78 is 14.7. The summed E-state index contributed by atoms with van der Waals surface area (Å²) >= 11 is 1.26. The van der Waals surface area contributed by atoms with E-state index in [9.17, 15) is 0 Å². The fourth-order valence-corrected chi connectivity index (χ4v) is 3.87. The van der Waals surface area contributed by atoms with E-state index >= 15 is 0 Å². The SMILES string of the molecule is CN1CCC=C(c2nsnc2OCCC2CCCCC2)C1. The van der Waals surface area contributed by atoms with Gasteiger partial charge in [-0.1, -0.05) is 38.2 Å². The summed E-state index contributed by atoms with van der Waals surface area (Å²) in [6.45, 7) is 2.86. The van der Waals surface area contributed by atoms with Crippen molar-refractivity contribution in [2.24, 2.45) is 5.92 Å². The molecular weight excluding hydrogens is 282 g/mol. The van der Waals surface area contributed by atoms with Crippen LogP contribution in [0.15, 0.2) is 6.08 Å². The van der Waals surface area contributed by atoms with Gasteiger partial charge in [-0.15, -0.1) is 4.37 Å². The Morgan fingerprint density at radius 1 is 1.29 bits per heavy atom. The van der Waals surface area contributed by atoms with Gasteiger partial charge >= 0.3 is 0 Å². The summed E-state index contributed by atoms with van der Waals surface area (Å²) in [6, 6.07) is 0. The van der Waals surface area contributed by atoms with E-state index in [0.717, 1.165) is 50.0 Å². The third-order valence-corrected chi connectivity index (χ3v) is 5.11. The van der Waals surface area contributed by atoms with Crippen LogP contribution in [0.4, 0.5) is 0 Å². The molecule has 0 spiro atoms. The molecule has 1 saturated carbocycles. The van der Waals surface area contributed by atoms with Crippen molar-refractivity contribution in [3.8, 4) is 5.88 Å². The fraction of sp³-hybridized carbons (Fsp3) is 0.750. The summed E-state index contributed by atoms with van der Waals surface area (Å²) in [5.74, 6) is 1.60. The molecule has 0 unspecified atom stereocenters. The van der Waals surface area contributed by atoms with Crippen LogP contribution in [-0.2, 0) is 0 Å². The van der Waals surface area contributed by atoms with Crippen LogP contribution < -0.4 is 4.74 Å². The Hall–Kier alpha value is -0.940. The minimum Gasteiger partial charge on any atom is -0.475 e. The number of aromatic nitrogens is 2. The van der Waals surface area contributed by atoms with Gasteiger partial charge in [-0.3, -0.25) is 0 Å². The van der Waals surface area contributed by atoms with Crippen LogP contribution in [0.25, 0.3) is 5.57 Å². The van der Waals surface area contributed by atoms with E-state index in [-0.39, 0.29) is 0 Å². The van der Waals surface area contributed by atoms with Gasteiger partial charge in [0.25, 0.3) is 5.88 Å². The Labute approximate surface area is 131 Å². The van der Waals surface area contributed by atoms with Crippen LogP contribution in [0, 0.1) is 5.92 Å². The van der Waals surface area contributed by atoms with Gasteiger partial charge in [-0.05, 0) is 31.4 Å². The summed E-state index contributed by atoms with van der Waals surface area (Å²) in [4.78, 5) is 2.32. The molecular formula is C16H25N3OS. The molecule has 0 amide bonds. The maximum Gasteiger partial charge on any atom is 0.253 e. The highest BCUT2D eigenvalue weighted by Crippen LogP contribution is 2.29. The quantitative estimate of drug-likeness (QED) is 0.833. The lowest BCUT2D eigenvalue weighted by molar-refractivity contribution is 0.241. The first kappa shape index (κ1) is 15.0. The monoisotopic (exact) mass is 307 g/mol. The summed E-state index contributed by atoms with van der Waals surface area (Å²) in [6.07, 6.45) is 11.5. The number of hydrogen-bond acceptors (Lipinski definition) is 5. The van der Waals surface area contributed by atoms with Crippen molar-refractivity contribution >= 4 is 17.3 Å². The molecule has 1 fully saturated rings. The van der Waals surface area contributed by atoms with E-state index < -0.39 is 0 Å². The van der Waals surface area contributed by atoms with Crippen LogP contribution in [0.3, 0.4) is 0 Å². The predicted molar refractivity (Wildman–Crippen MR) is 86.7 cm³/mol. The molecule has 0 N–H and O–H groups in total. The van der Waals surface area contributed by atoms with Crippen molar-refractivity contribution < 1.29 is 4.74 Å². The lowest BCUT2D eigenvalue weighted by Gasteiger charge is -2.22. The normalized spacial score (nSPS) is 21.3. The molecule has 1 aliphatic carbocycles. The maximum absolute atomic E-state index is 5.95. The number of rotatable bonds is 5. The molecule has 1 aromatic heterocycles. The first-order chi connectivity index (χ1) is 10.3. The molecule has 0 aromatic carbocycles. The largest absolute Gasteiger partial charge is 0.475 e. The molecule has 5 heteroatoms. The van der Waals surface area contributed by atoms with Crippen molar-refractivity contribution in [3.63, 3.8) is 0 Å². The van der Waals surface area contributed by atoms with Gasteiger partial charge in [-0.2, -0.15) is 4.37 Å². The fourth-order valence-electron chi connectivity index (χ4n) is 3.33. The van der Waals surface area contributed by atoms with Gasteiger partial charge in [0, 0.05) is 13.1 Å². The van der Waals surface area contributed by atoms with Crippen LogP contribution >= 0.6 is 11.7 Å². The molecule has 0 bridgehead atoms. The topological polar surface area (TPSA) is 38.2 Å². The van der Waals surface area contributed by atoms with Gasteiger partial charge in [0.05, 0.1) is 18.3 Å². The number of hydrogen-bond donors (Lipinski definition) is 0. The maximum atomic E-state index is 5.95. The van der Waals surface area contributed by atoms with Crippen molar-refractivity contribution in [2.75, 3.05) is 26.7 Å². The van der Waals surface area contributed by atoms with Crippen molar-refractivity contribution in [2.45, 2.75) is 44.9 Å². The van der Waals surface area contributed by atoms with Gasteiger partial charge in [0.1, 0.15) is 5.69 Å². The van der Waals surface area contributed by atoms with Gasteiger partial charge in [0.2, 0.25) is 0 Å². The van der Waals surface area contributed by atoms with E-state index in [1.165, 1.54) is 49.4 Å². The zero-order chi connectivity index (χ0) is 14.5. The molecule has 116 valence electrons. The van der Waals surface area contributed by atoms with Crippen LogP contribution in [0.2, 0.25) is 0 Å². The van der Waals surface area contributed by atoms with Crippen LogP contribution in [0.5, 0.6) is 5.88 Å². The first-order valence-corrected chi connectivity index (χ1v) is 8.89. The lowest BCUT2D eigenvalue weighted by atomic mass is 9.87. The second-order valence-corrected chi connectivity index (χ2v) is 6.84. The van der Waals surface area contributed by atoms with E-state index in [2.05, 4.69) is 26.8 Å². The molecule has 0 atom stereocenters. The third-order valence-electron chi connectivity index (χ3n) is 4.59. The zero-order valence-electron chi connectivity index (χ0n) is 12.9. The molecule has 2 aliphatic rings. The lowest BCUT2D eigenvalue weighted by Crippen LogP contribution is -2.25. The highest BCUT2D eigenvalue weighted by molar-refractivity contribution is 6.99. The van der Waals surface area contributed by atoms with Crippen molar-refractivity contribution in [1.82, 2.24) is 13.6 Å². The van der Waals surface area contributed by atoms with Crippen LogP contribution in [0.1, 0.15) is 50.6 Å². The zero-order valence-corrected chi connectivity index (χ0v) is 13.7. The van der Waals surface area contributed by atoms with E-state index in [0.29, 0.717) is 0 Å². The van der Waals surface area contributed by atoms with E-state index in [4.69, 9.17) is 4.74 Å². The molecule has 0 radical (unpaired) electrons. The molecule has 1 aliphatic heterocycles. The number of likely N-dealkylation sites (N-methyl/N-ethyl adjacent to an activating group) is 1. The van der Waals surface area contributed by atoms with E-state index in [1.54, 1.807) is 0 Å². The van der Waals surface area contributed by atoms with E-state index in [1.807, 2.05) is 0 Å². The average Bonchev–Trinajstić information content (AvgIpc) is 2.97.